The molecule has 0 fully saturated rings. The van der Waals surface area contributed by atoms with E-state index in [2.05, 4.69) is 168 Å². The Morgan fingerprint density at radius 3 is 2.16 bits per heavy atom. The van der Waals surface area contributed by atoms with E-state index in [0.717, 1.165) is 46.7 Å². The molecule has 0 unspecified atom stereocenters. The highest BCUT2D eigenvalue weighted by molar-refractivity contribution is 7.99. The predicted molar refractivity (Wildman–Crippen MR) is 257 cm³/mol. The summed E-state index contributed by atoms with van der Waals surface area (Å²) in [6.07, 6.45) is 12.6. The first kappa shape index (κ1) is 36.6. The van der Waals surface area contributed by atoms with Crippen LogP contribution in [0.1, 0.15) is 28.9 Å². The van der Waals surface area contributed by atoms with Gasteiger partial charge in [0.1, 0.15) is 0 Å². The fraction of sp³-hybridized carbons (Fsp3) is 0.0357. The molecule has 0 saturated heterocycles. The quantitative estimate of drug-likeness (QED) is 0.143. The molecule has 11 rings (SSSR count). The van der Waals surface area contributed by atoms with E-state index in [1.165, 1.54) is 65.2 Å². The molecule has 3 heterocycles. The van der Waals surface area contributed by atoms with Gasteiger partial charge in [-0.15, -0.1) is 0 Å². The van der Waals surface area contributed by atoms with Gasteiger partial charge in [-0.25, -0.2) is 9.97 Å². The first-order valence-corrected chi connectivity index (χ1v) is 21.5. The number of allylic oxidation sites excluding steroid dienone is 5. The molecule has 61 heavy (non-hydrogen) atoms. The molecule has 0 radical (unpaired) electrons. The molecule has 9 aromatic rings. The van der Waals surface area contributed by atoms with Crippen LogP contribution in [-0.4, -0.2) is 14.5 Å². The zero-order chi connectivity index (χ0) is 40.7. The highest BCUT2D eigenvalue weighted by Crippen LogP contribution is 2.52. The highest BCUT2D eigenvalue weighted by atomic mass is 32.2. The average Bonchev–Trinajstić information content (AvgIpc) is 3.67. The van der Waals surface area contributed by atoms with Gasteiger partial charge in [0.2, 0.25) is 0 Å². The summed E-state index contributed by atoms with van der Waals surface area (Å²) in [6, 6.07) is 62.1. The van der Waals surface area contributed by atoms with Crippen LogP contribution in [0.5, 0.6) is 0 Å². The summed E-state index contributed by atoms with van der Waals surface area (Å²) < 4.78 is 2.35. The molecule has 2 aromatic heterocycles. The third-order valence-corrected chi connectivity index (χ3v) is 12.8. The number of hydrogen-bond acceptors (Lipinski definition) is 4. The van der Waals surface area contributed by atoms with Crippen LogP contribution in [0.25, 0.3) is 67.7 Å². The molecule has 0 atom stereocenters. The average molecular weight is 801 g/mol. The van der Waals surface area contributed by atoms with E-state index >= 15 is 0 Å². The van der Waals surface area contributed by atoms with Crippen molar-refractivity contribution in [2.24, 2.45) is 0 Å². The molecule has 1 aliphatic carbocycles. The first-order chi connectivity index (χ1) is 30.2. The lowest BCUT2D eigenvalue weighted by atomic mass is 9.89. The molecule has 1 aliphatic heterocycles. The fourth-order valence-electron chi connectivity index (χ4n) is 8.83. The van der Waals surface area contributed by atoms with Crippen LogP contribution in [-0.2, 0) is 6.42 Å². The Morgan fingerprint density at radius 2 is 1.33 bits per heavy atom. The molecule has 0 amide bonds. The maximum absolute atomic E-state index is 4.95. The predicted octanol–water partition coefficient (Wildman–Crippen LogP) is 15.1. The molecular weight excluding hydrogens is 761 g/mol. The normalized spacial score (nSPS) is 13.4. The minimum Gasteiger partial charge on any atom is -0.310 e. The molecule has 5 heteroatoms. The number of hydrogen-bond donors (Lipinski definition) is 0. The van der Waals surface area contributed by atoms with Gasteiger partial charge in [-0.05, 0) is 107 Å². The number of aryl methyl sites for hydroxylation is 1. The molecule has 7 aromatic carbocycles. The summed E-state index contributed by atoms with van der Waals surface area (Å²) in [5, 5.41) is 3.84. The molecular formula is C56H40N4S. The van der Waals surface area contributed by atoms with Crippen molar-refractivity contribution in [2.75, 3.05) is 4.90 Å². The van der Waals surface area contributed by atoms with Gasteiger partial charge >= 0.3 is 0 Å². The largest absolute Gasteiger partial charge is 0.310 e. The maximum atomic E-state index is 4.95. The molecule has 0 bridgehead atoms. The van der Waals surface area contributed by atoms with Crippen LogP contribution in [0.4, 0.5) is 17.1 Å². The molecule has 0 spiro atoms. The van der Waals surface area contributed by atoms with Gasteiger partial charge < -0.3 is 9.47 Å². The molecule has 0 N–H and O–H groups in total. The highest BCUT2D eigenvalue weighted by Gasteiger charge is 2.27. The van der Waals surface area contributed by atoms with Crippen molar-refractivity contribution in [1.29, 1.82) is 0 Å². The number of anilines is 3. The minimum atomic E-state index is 0.700. The second-order valence-electron chi connectivity index (χ2n) is 15.4. The van der Waals surface area contributed by atoms with Crippen LogP contribution in [0.3, 0.4) is 0 Å². The third-order valence-electron chi connectivity index (χ3n) is 11.7. The zero-order valence-electron chi connectivity index (χ0n) is 33.4. The Kier molecular flexibility index (Phi) is 9.37. The Morgan fingerprint density at radius 1 is 0.607 bits per heavy atom. The van der Waals surface area contributed by atoms with Crippen LogP contribution < -0.4 is 4.90 Å². The summed E-state index contributed by atoms with van der Waals surface area (Å²) >= 11 is 1.85. The summed E-state index contributed by atoms with van der Waals surface area (Å²) in [4.78, 5) is 14.8. The van der Waals surface area contributed by atoms with Crippen LogP contribution in [0.15, 0.2) is 211 Å². The molecule has 2 aliphatic rings. The van der Waals surface area contributed by atoms with Gasteiger partial charge in [-0.2, -0.15) is 0 Å². The summed E-state index contributed by atoms with van der Waals surface area (Å²) in [7, 11) is 0. The number of aromatic nitrogens is 3. The number of nitrogens with zero attached hydrogens (tertiary/aromatic N) is 4. The summed E-state index contributed by atoms with van der Waals surface area (Å²) in [5.41, 5.74) is 14.6. The molecule has 0 saturated carbocycles. The summed E-state index contributed by atoms with van der Waals surface area (Å²) in [6.45, 7) is 4.68. The van der Waals surface area contributed by atoms with Gasteiger partial charge in [0.15, 0.2) is 5.82 Å². The van der Waals surface area contributed by atoms with Gasteiger partial charge in [0.25, 0.3) is 0 Å². The third kappa shape index (κ3) is 6.79. The van der Waals surface area contributed by atoms with Crippen molar-refractivity contribution in [3.05, 3.63) is 223 Å². The Labute approximate surface area is 360 Å². The van der Waals surface area contributed by atoms with E-state index in [-0.39, 0.29) is 0 Å². The minimum absolute atomic E-state index is 0.700. The van der Waals surface area contributed by atoms with Crippen molar-refractivity contribution in [2.45, 2.75) is 22.6 Å². The van der Waals surface area contributed by atoms with Crippen molar-refractivity contribution < 1.29 is 0 Å². The van der Waals surface area contributed by atoms with Crippen LogP contribution in [0.2, 0.25) is 0 Å². The number of rotatable bonds is 8. The van der Waals surface area contributed by atoms with E-state index < -0.39 is 0 Å². The Bertz CT molecular complexity index is 3170. The maximum Gasteiger partial charge on any atom is 0.160 e. The first-order valence-electron chi connectivity index (χ1n) is 20.7. The van der Waals surface area contributed by atoms with Crippen molar-refractivity contribution in [3.8, 4) is 22.6 Å². The lowest BCUT2D eigenvalue weighted by Gasteiger charge is -2.33. The number of fused-ring (bicyclic) bond motifs is 7. The monoisotopic (exact) mass is 800 g/mol. The van der Waals surface area contributed by atoms with E-state index in [1.807, 2.05) is 66.4 Å². The summed E-state index contributed by atoms with van der Waals surface area (Å²) in [5.74, 6) is 0.700. The van der Waals surface area contributed by atoms with Gasteiger partial charge in [-0.3, -0.25) is 0 Å². The second kappa shape index (κ2) is 15.6. The molecule has 290 valence electrons. The number of para-hydroxylation sites is 2. The SMILES string of the molecule is C=C(/C=C\C=C\c1cc(-c2ccccc2)nc(-c2ccccc2)n1)n1c2c(c3c4ccccc4ccc31)CCC(c1ccc3c(c1)Sc1ccccc1N3c1ccccc1)=C2. The van der Waals surface area contributed by atoms with Crippen molar-refractivity contribution >= 4 is 73.9 Å². The lowest BCUT2D eigenvalue weighted by Crippen LogP contribution is -2.14. The standard InChI is InChI=1S/C56H40N4S/c1-38(17-11-13-23-44-37-48(40-19-5-2-6-20-40)58-56(57-44)41-21-7-3-8-22-41)59-51-34-30-39-18-12-14-26-46(39)55(51)47-32-29-42(35-52(47)59)43-31-33-50-54(36-43)61-53-28-16-15-27-49(53)60(50)45-24-9-4-10-25-45/h2-28,30-31,33-37H,1,29,32H2/b17-11-,23-13+. The smallest absolute Gasteiger partial charge is 0.160 e. The van der Waals surface area contributed by atoms with E-state index in [4.69, 9.17) is 9.97 Å². The van der Waals surface area contributed by atoms with Crippen molar-refractivity contribution in [3.63, 3.8) is 0 Å². The van der Waals surface area contributed by atoms with Gasteiger partial charge in [-0.1, -0.05) is 158 Å². The zero-order valence-corrected chi connectivity index (χ0v) is 34.3. The number of benzene rings is 7. The Balaban J connectivity index is 0.967. The Hall–Kier alpha value is -7.47. The lowest BCUT2D eigenvalue weighted by molar-refractivity contribution is 0.988. The van der Waals surface area contributed by atoms with Gasteiger partial charge in [0.05, 0.1) is 34.0 Å². The van der Waals surface area contributed by atoms with Crippen LogP contribution >= 0.6 is 11.8 Å². The topological polar surface area (TPSA) is 34.0 Å². The van der Waals surface area contributed by atoms with E-state index in [1.54, 1.807) is 0 Å². The second-order valence-corrected chi connectivity index (χ2v) is 16.5. The fourth-order valence-corrected chi connectivity index (χ4v) is 9.92. The van der Waals surface area contributed by atoms with Gasteiger partial charge in [0, 0.05) is 37.7 Å². The van der Waals surface area contributed by atoms with Crippen LogP contribution in [0, 0.1) is 0 Å². The molecule has 4 nitrogen and oxygen atoms in total. The van der Waals surface area contributed by atoms with E-state index in [9.17, 15) is 0 Å². The van der Waals surface area contributed by atoms with Crippen molar-refractivity contribution in [1.82, 2.24) is 14.5 Å². The van der Waals surface area contributed by atoms with E-state index in [0.29, 0.717) is 5.82 Å².